The fourth-order valence-electron chi connectivity index (χ4n) is 3.61. The Hall–Kier alpha value is -3.20. The van der Waals surface area contributed by atoms with Crippen LogP contribution in [-0.4, -0.2) is 54.2 Å². The van der Waals surface area contributed by atoms with E-state index in [-0.39, 0.29) is 57.2 Å². The lowest BCUT2D eigenvalue weighted by Crippen LogP contribution is -2.38. The van der Waals surface area contributed by atoms with Crippen molar-refractivity contribution in [3.8, 4) is 0 Å². The summed E-state index contributed by atoms with van der Waals surface area (Å²) in [6, 6.07) is 9.01. The normalized spacial score (nSPS) is 22.6. The summed E-state index contributed by atoms with van der Waals surface area (Å²) >= 11 is 0. The lowest BCUT2D eigenvalue weighted by molar-refractivity contribution is -0.164. The van der Waals surface area contributed by atoms with E-state index in [2.05, 4.69) is 10.6 Å². The number of aliphatic hydroxyl groups excluding tert-OH is 1. The third-order valence-corrected chi connectivity index (χ3v) is 5.30. The minimum atomic E-state index is -0.763. The molecule has 0 aromatic heterocycles. The summed E-state index contributed by atoms with van der Waals surface area (Å²) in [6.07, 6.45) is 3.01. The molecule has 0 saturated carbocycles. The number of aliphatic hydroxyl groups is 1. The molecule has 1 aromatic rings. The first-order chi connectivity index (χ1) is 16.6. The molecule has 0 saturated heterocycles. The van der Waals surface area contributed by atoms with E-state index < -0.39 is 35.5 Å². The van der Waals surface area contributed by atoms with Gasteiger partial charge < -0.3 is 25.2 Å². The Bertz CT molecular complexity index is 893. The van der Waals surface area contributed by atoms with Crippen LogP contribution in [0.5, 0.6) is 0 Å². The first kappa shape index (κ1) is 28.0. The van der Waals surface area contributed by atoms with Gasteiger partial charge in [-0.25, -0.2) is 0 Å². The SMILES string of the molecule is CC(C)(C)OC(=O)C[C@@H]1C/C=C\C[C@H](CC(=O)NCCO)C(=O)NC[C@H](c2ccccc2)OC1=O. The van der Waals surface area contributed by atoms with Crippen LogP contribution < -0.4 is 10.6 Å². The van der Waals surface area contributed by atoms with Crippen molar-refractivity contribution in [2.24, 2.45) is 11.8 Å². The number of esters is 2. The van der Waals surface area contributed by atoms with E-state index in [0.29, 0.717) is 5.56 Å². The Labute approximate surface area is 206 Å². The second-order valence-electron chi connectivity index (χ2n) is 9.49. The number of carbonyl (C=O) groups is 4. The fourth-order valence-corrected chi connectivity index (χ4v) is 3.61. The van der Waals surface area contributed by atoms with Crippen molar-refractivity contribution >= 4 is 23.8 Å². The quantitative estimate of drug-likeness (QED) is 0.396. The average Bonchev–Trinajstić information content (AvgIpc) is 2.79. The van der Waals surface area contributed by atoms with E-state index in [9.17, 15) is 19.2 Å². The second kappa shape index (κ2) is 13.6. The zero-order chi connectivity index (χ0) is 25.8. The molecule has 192 valence electrons. The van der Waals surface area contributed by atoms with Crippen molar-refractivity contribution in [1.82, 2.24) is 10.6 Å². The molecule has 2 amide bonds. The highest BCUT2D eigenvalue weighted by molar-refractivity contribution is 5.86. The van der Waals surface area contributed by atoms with Crippen molar-refractivity contribution in [1.29, 1.82) is 0 Å². The Morgan fingerprint density at radius 3 is 2.37 bits per heavy atom. The molecule has 9 heteroatoms. The number of allylic oxidation sites excluding steroid dienone is 2. The van der Waals surface area contributed by atoms with Gasteiger partial charge in [0, 0.05) is 13.0 Å². The molecule has 1 aliphatic heterocycles. The third kappa shape index (κ3) is 10.3. The van der Waals surface area contributed by atoms with Crippen LogP contribution >= 0.6 is 0 Å². The zero-order valence-corrected chi connectivity index (χ0v) is 20.6. The van der Waals surface area contributed by atoms with Gasteiger partial charge in [-0.15, -0.1) is 0 Å². The van der Waals surface area contributed by atoms with Gasteiger partial charge >= 0.3 is 11.9 Å². The van der Waals surface area contributed by atoms with E-state index in [1.54, 1.807) is 57.2 Å². The van der Waals surface area contributed by atoms with Crippen molar-refractivity contribution in [3.63, 3.8) is 0 Å². The molecule has 0 aliphatic carbocycles. The maximum atomic E-state index is 13.1. The monoisotopic (exact) mass is 488 g/mol. The Morgan fingerprint density at radius 1 is 1.09 bits per heavy atom. The highest BCUT2D eigenvalue weighted by atomic mass is 16.6. The van der Waals surface area contributed by atoms with Crippen molar-refractivity contribution < 1.29 is 33.8 Å². The van der Waals surface area contributed by atoms with Gasteiger partial charge in [0.15, 0.2) is 0 Å². The first-order valence-corrected chi connectivity index (χ1v) is 11.9. The number of rotatable bonds is 7. The fraction of sp³-hybridized carbons (Fsp3) is 0.538. The molecule has 0 radical (unpaired) electrons. The number of nitrogens with one attached hydrogen (secondary N) is 2. The molecule has 2 rings (SSSR count). The number of carbonyl (C=O) groups excluding carboxylic acids is 4. The van der Waals surface area contributed by atoms with E-state index in [4.69, 9.17) is 14.6 Å². The largest absolute Gasteiger partial charge is 0.460 e. The van der Waals surface area contributed by atoms with E-state index >= 15 is 0 Å². The van der Waals surface area contributed by atoms with Crippen LogP contribution in [0.2, 0.25) is 0 Å². The molecule has 0 bridgehead atoms. The summed E-state index contributed by atoms with van der Waals surface area (Å²) in [7, 11) is 0. The molecule has 35 heavy (non-hydrogen) atoms. The molecule has 0 fully saturated rings. The number of ether oxygens (including phenoxy) is 2. The Balaban J connectivity index is 2.25. The smallest absolute Gasteiger partial charge is 0.310 e. The van der Waals surface area contributed by atoms with E-state index in [1.165, 1.54) is 0 Å². The number of benzene rings is 1. The minimum Gasteiger partial charge on any atom is -0.460 e. The molecule has 9 nitrogen and oxygen atoms in total. The average molecular weight is 489 g/mol. The number of amides is 2. The maximum Gasteiger partial charge on any atom is 0.310 e. The molecule has 0 spiro atoms. The lowest BCUT2D eigenvalue weighted by Gasteiger charge is -2.25. The second-order valence-corrected chi connectivity index (χ2v) is 9.49. The topological polar surface area (TPSA) is 131 Å². The Kier molecular flexibility index (Phi) is 10.9. The highest BCUT2D eigenvalue weighted by Gasteiger charge is 2.30. The number of hydrogen-bond acceptors (Lipinski definition) is 7. The molecule has 3 N–H and O–H groups in total. The highest BCUT2D eigenvalue weighted by Crippen LogP contribution is 2.24. The minimum absolute atomic E-state index is 0.0201. The van der Waals surface area contributed by atoms with E-state index in [1.807, 2.05) is 6.07 Å². The van der Waals surface area contributed by atoms with Crippen LogP contribution in [-0.2, 0) is 28.7 Å². The van der Waals surface area contributed by atoms with Crippen molar-refractivity contribution in [2.45, 2.75) is 58.2 Å². The molecule has 0 unspecified atom stereocenters. The van der Waals surface area contributed by atoms with Crippen LogP contribution in [0.1, 0.15) is 58.1 Å². The van der Waals surface area contributed by atoms with Gasteiger partial charge in [0.1, 0.15) is 11.7 Å². The van der Waals surface area contributed by atoms with Gasteiger partial charge in [-0.2, -0.15) is 0 Å². The predicted molar refractivity (Wildman–Crippen MR) is 129 cm³/mol. The van der Waals surface area contributed by atoms with Crippen LogP contribution in [0.25, 0.3) is 0 Å². The maximum absolute atomic E-state index is 13.1. The molecular weight excluding hydrogens is 452 g/mol. The van der Waals surface area contributed by atoms with Gasteiger partial charge in [0.05, 0.1) is 31.4 Å². The summed E-state index contributed by atoms with van der Waals surface area (Å²) in [5.74, 6) is -3.12. The zero-order valence-electron chi connectivity index (χ0n) is 20.6. The van der Waals surface area contributed by atoms with Gasteiger partial charge in [-0.3, -0.25) is 19.2 Å². The summed E-state index contributed by atoms with van der Waals surface area (Å²) in [5, 5.41) is 14.3. The Morgan fingerprint density at radius 2 is 1.74 bits per heavy atom. The summed E-state index contributed by atoms with van der Waals surface area (Å²) in [5.41, 5.74) is 0.0186. The van der Waals surface area contributed by atoms with Gasteiger partial charge in [-0.05, 0) is 39.2 Å². The standard InChI is InChI=1S/C26H36N2O7/c1-26(2,3)35-23(31)16-20-12-8-7-11-19(15-22(30)27-13-14-29)24(32)28-17-21(34-25(20)33)18-9-5-4-6-10-18/h4-10,19-21,29H,11-17H2,1-3H3,(H,27,30)(H,28,32)/b8-7-/t19-,20+,21-/m1/s1. The summed E-state index contributed by atoms with van der Waals surface area (Å²) in [4.78, 5) is 50.5. The number of hydrogen-bond donors (Lipinski definition) is 3. The molecule has 3 atom stereocenters. The predicted octanol–water partition coefficient (Wildman–Crippen LogP) is 2.20. The van der Waals surface area contributed by atoms with E-state index in [0.717, 1.165) is 0 Å². The van der Waals surface area contributed by atoms with Crippen LogP contribution in [0, 0.1) is 11.8 Å². The van der Waals surface area contributed by atoms with Crippen LogP contribution in [0.3, 0.4) is 0 Å². The molecule has 1 aromatic carbocycles. The van der Waals surface area contributed by atoms with Crippen LogP contribution in [0.4, 0.5) is 0 Å². The first-order valence-electron chi connectivity index (χ1n) is 11.9. The third-order valence-electron chi connectivity index (χ3n) is 5.30. The number of cyclic esters (lactones) is 1. The summed E-state index contributed by atoms with van der Waals surface area (Å²) < 4.78 is 11.2. The molecule has 1 heterocycles. The van der Waals surface area contributed by atoms with Crippen molar-refractivity contribution in [3.05, 3.63) is 48.0 Å². The van der Waals surface area contributed by atoms with Gasteiger partial charge in [0.25, 0.3) is 0 Å². The molecule has 1 aliphatic rings. The summed E-state index contributed by atoms with van der Waals surface area (Å²) in [6.45, 7) is 5.22. The van der Waals surface area contributed by atoms with Gasteiger partial charge in [-0.1, -0.05) is 42.5 Å². The van der Waals surface area contributed by atoms with Crippen molar-refractivity contribution in [2.75, 3.05) is 19.7 Å². The molecular formula is C26H36N2O7. The lowest BCUT2D eigenvalue weighted by atomic mass is 9.96. The van der Waals surface area contributed by atoms with Crippen LogP contribution in [0.15, 0.2) is 42.5 Å². The van der Waals surface area contributed by atoms with Gasteiger partial charge in [0.2, 0.25) is 11.8 Å².